The summed E-state index contributed by atoms with van der Waals surface area (Å²) in [6.07, 6.45) is 0. The van der Waals surface area contributed by atoms with E-state index >= 15 is 0 Å². The molecule has 12 heteroatoms. The lowest BCUT2D eigenvalue weighted by Crippen LogP contribution is -2.13. The van der Waals surface area contributed by atoms with E-state index in [-0.39, 0.29) is 9.79 Å². The largest absolute Gasteiger partial charge is 0.399 e. The van der Waals surface area contributed by atoms with Gasteiger partial charge in [0.05, 0.1) is 21.2 Å². The Balaban J connectivity index is 0.000000211. The summed E-state index contributed by atoms with van der Waals surface area (Å²) in [7, 11) is -7.25. The minimum absolute atomic E-state index is 0.151. The fourth-order valence-electron chi connectivity index (χ4n) is 3.03. The van der Waals surface area contributed by atoms with Crippen molar-refractivity contribution >= 4 is 66.0 Å². The highest BCUT2D eigenvalue weighted by molar-refractivity contribution is 7.93. The number of rotatable bonds is 6. The van der Waals surface area contributed by atoms with Crippen LogP contribution in [0.15, 0.2) is 94.7 Å². The van der Waals surface area contributed by atoms with Crippen molar-refractivity contribution in [2.45, 2.75) is 23.6 Å². The van der Waals surface area contributed by atoms with Gasteiger partial charge < -0.3 is 11.5 Å². The normalized spacial score (nSPS) is 11.3. The van der Waals surface area contributed by atoms with Crippen LogP contribution in [0.4, 0.5) is 22.7 Å². The van der Waals surface area contributed by atoms with Crippen molar-refractivity contribution < 1.29 is 16.8 Å². The Morgan fingerprint density at radius 2 is 0.868 bits per heavy atom. The van der Waals surface area contributed by atoms with Crippen LogP contribution in [0.1, 0.15) is 11.1 Å². The molecule has 0 saturated carbocycles. The number of nitrogens with one attached hydrogen (secondary N) is 2. The average Bonchev–Trinajstić information content (AvgIpc) is 2.84. The third-order valence-corrected chi connectivity index (χ3v) is 8.84. The van der Waals surface area contributed by atoms with Crippen molar-refractivity contribution in [1.29, 1.82) is 0 Å². The highest BCUT2D eigenvalue weighted by Crippen LogP contribution is 2.24. The summed E-state index contributed by atoms with van der Waals surface area (Å²) in [6.45, 7) is 3.70. The van der Waals surface area contributed by atoms with E-state index in [0.29, 0.717) is 32.8 Å². The maximum absolute atomic E-state index is 12.1. The Labute approximate surface area is 232 Å². The maximum Gasteiger partial charge on any atom is 0.261 e. The average molecular weight is 594 g/mol. The number of nitrogen functional groups attached to an aromatic ring is 2. The molecule has 4 aromatic rings. The molecule has 0 bridgehead atoms. The van der Waals surface area contributed by atoms with Gasteiger partial charge in [-0.25, -0.2) is 16.8 Å². The Hall–Kier alpha value is -3.44. The van der Waals surface area contributed by atoms with Gasteiger partial charge in [-0.2, -0.15) is 0 Å². The summed E-state index contributed by atoms with van der Waals surface area (Å²) in [6, 6.07) is 21.9. The van der Waals surface area contributed by atoms with Crippen molar-refractivity contribution in [2.75, 3.05) is 20.9 Å². The third kappa shape index (κ3) is 7.78. The monoisotopic (exact) mass is 592 g/mol. The van der Waals surface area contributed by atoms with Crippen molar-refractivity contribution in [1.82, 2.24) is 0 Å². The fraction of sp³-hybridized carbons (Fsp3) is 0.0769. The van der Waals surface area contributed by atoms with Crippen LogP contribution < -0.4 is 20.9 Å². The molecular weight excluding hydrogens is 567 g/mol. The minimum Gasteiger partial charge on any atom is -0.399 e. The number of benzene rings is 4. The van der Waals surface area contributed by atoms with E-state index in [1.807, 2.05) is 13.8 Å². The van der Waals surface area contributed by atoms with Gasteiger partial charge in [0.1, 0.15) is 0 Å². The van der Waals surface area contributed by atoms with Crippen LogP contribution in [0.5, 0.6) is 0 Å². The van der Waals surface area contributed by atoms with E-state index in [1.54, 1.807) is 36.4 Å². The third-order valence-electron chi connectivity index (χ3n) is 5.23. The Kier molecular flexibility index (Phi) is 9.16. The van der Waals surface area contributed by atoms with Gasteiger partial charge in [0, 0.05) is 21.4 Å². The van der Waals surface area contributed by atoms with Gasteiger partial charge in [0.25, 0.3) is 20.0 Å². The molecule has 8 nitrogen and oxygen atoms in total. The Bertz CT molecular complexity index is 1520. The van der Waals surface area contributed by atoms with Crippen LogP contribution in [-0.2, 0) is 20.0 Å². The van der Waals surface area contributed by atoms with Crippen molar-refractivity contribution in [3.8, 4) is 0 Å². The van der Waals surface area contributed by atoms with Crippen molar-refractivity contribution in [3.63, 3.8) is 0 Å². The molecule has 0 radical (unpaired) electrons. The summed E-state index contributed by atoms with van der Waals surface area (Å²) in [5, 5.41) is 1.02. The summed E-state index contributed by atoms with van der Waals surface area (Å²) >= 11 is 11.9. The number of nitrogens with two attached hydrogens (primary N) is 2. The van der Waals surface area contributed by atoms with Crippen LogP contribution in [0, 0.1) is 13.8 Å². The van der Waals surface area contributed by atoms with Crippen molar-refractivity contribution in [3.05, 3.63) is 106 Å². The van der Waals surface area contributed by atoms with Crippen LogP contribution in [0.2, 0.25) is 10.0 Å². The molecule has 0 aromatic heterocycles. The van der Waals surface area contributed by atoms with Gasteiger partial charge in [0.2, 0.25) is 0 Å². The van der Waals surface area contributed by atoms with Crippen LogP contribution in [0.25, 0.3) is 0 Å². The summed E-state index contributed by atoms with van der Waals surface area (Å²) in [5.74, 6) is 0. The first-order chi connectivity index (χ1) is 17.8. The molecule has 0 atom stereocenters. The first-order valence-corrected chi connectivity index (χ1v) is 14.8. The van der Waals surface area contributed by atoms with Crippen LogP contribution in [-0.4, -0.2) is 16.8 Å². The number of sulfonamides is 2. The Morgan fingerprint density at radius 1 is 0.553 bits per heavy atom. The molecule has 0 saturated heterocycles. The topological polar surface area (TPSA) is 144 Å². The van der Waals surface area contributed by atoms with Gasteiger partial charge in [-0.05, 0) is 97.8 Å². The molecule has 4 aromatic carbocycles. The summed E-state index contributed by atoms with van der Waals surface area (Å²) in [5.41, 5.74) is 14.7. The fourth-order valence-corrected chi connectivity index (χ4v) is 5.49. The molecule has 38 heavy (non-hydrogen) atoms. The molecule has 4 rings (SSSR count). The first kappa shape index (κ1) is 29.1. The molecule has 0 aliphatic rings. The van der Waals surface area contributed by atoms with E-state index < -0.39 is 20.0 Å². The zero-order chi connectivity index (χ0) is 28.1. The number of aryl methyl sites for hydroxylation is 2. The highest BCUT2D eigenvalue weighted by atomic mass is 35.5. The molecule has 0 spiro atoms. The molecule has 0 unspecified atom stereocenters. The van der Waals surface area contributed by atoms with E-state index in [9.17, 15) is 16.8 Å². The smallest absolute Gasteiger partial charge is 0.261 e. The molecule has 6 N–H and O–H groups in total. The van der Waals surface area contributed by atoms with E-state index in [0.717, 1.165) is 11.1 Å². The second kappa shape index (κ2) is 12.0. The van der Waals surface area contributed by atoms with E-state index in [4.69, 9.17) is 34.7 Å². The minimum atomic E-state index is -3.62. The number of halogens is 2. The molecule has 0 amide bonds. The molecule has 0 aliphatic heterocycles. The van der Waals surface area contributed by atoms with Gasteiger partial charge in [-0.15, -0.1) is 0 Å². The SMILES string of the molecule is Cc1ccc(NS(=O)(=O)c2ccc(N)cc2)cc1Cl.Cc1ccc(NS(=O)(=O)c2ccc(N)cc2)cc1Cl. The molecule has 200 valence electrons. The van der Waals surface area contributed by atoms with Crippen molar-refractivity contribution in [2.24, 2.45) is 0 Å². The highest BCUT2D eigenvalue weighted by Gasteiger charge is 2.15. The maximum atomic E-state index is 12.1. The lowest BCUT2D eigenvalue weighted by molar-refractivity contribution is 0.599. The number of anilines is 4. The molecule has 0 heterocycles. The second-order valence-electron chi connectivity index (χ2n) is 8.28. The number of hydrogen-bond donors (Lipinski definition) is 4. The predicted octanol–water partition coefficient (Wildman–Crippen LogP) is 6.06. The lowest BCUT2D eigenvalue weighted by atomic mass is 10.2. The second-order valence-corrected chi connectivity index (χ2v) is 12.5. The standard InChI is InChI=1S/2C13H13ClN2O2S/c2*1-9-2-5-11(8-13(9)14)16-19(17,18)12-6-3-10(15)4-7-12/h2*2-8,16H,15H2,1H3. The van der Waals surface area contributed by atoms with Gasteiger partial charge in [0.15, 0.2) is 0 Å². The lowest BCUT2D eigenvalue weighted by Gasteiger charge is -2.09. The number of hydrogen-bond acceptors (Lipinski definition) is 6. The van der Waals surface area contributed by atoms with Crippen LogP contribution >= 0.6 is 23.2 Å². The van der Waals surface area contributed by atoms with E-state index in [1.165, 1.54) is 48.5 Å². The molecule has 0 fully saturated rings. The molecule has 0 aliphatic carbocycles. The quantitative estimate of drug-likeness (QED) is 0.200. The zero-order valence-corrected chi connectivity index (χ0v) is 23.6. The van der Waals surface area contributed by atoms with Gasteiger partial charge >= 0.3 is 0 Å². The van der Waals surface area contributed by atoms with E-state index in [2.05, 4.69) is 9.44 Å². The summed E-state index contributed by atoms with van der Waals surface area (Å²) in [4.78, 5) is 0.303. The predicted molar refractivity (Wildman–Crippen MR) is 156 cm³/mol. The zero-order valence-electron chi connectivity index (χ0n) is 20.4. The van der Waals surface area contributed by atoms with Gasteiger partial charge in [-0.1, -0.05) is 35.3 Å². The van der Waals surface area contributed by atoms with Crippen LogP contribution in [0.3, 0.4) is 0 Å². The van der Waals surface area contributed by atoms with Gasteiger partial charge in [-0.3, -0.25) is 9.44 Å². The first-order valence-electron chi connectivity index (χ1n) is 11.1. The molecular formula is C26H26Cl2N4O4S2. The Morgan fingerprint density at radius 3 is 1.16 bits per heavy atom. The summed E-state index contributed by atoms with van der Waals surface area (Å²) < 4.78 is 53.4.